The molecule has 1 aliphatic heterocycles. The van der Waals surface area contributed by atoms with Gasteiger partial charge in [-0.1, -0.05) is 0 Å². The van der Waals surface area contributed by atoms with E-state index in [1.807, 2.05) is 0 Å². The molecular weight excluding hydrogens is 226 g/mol. The van der Waals surface area contributed by atoms with E-state index in [0.29, 0.717) is 6.61 Å². The van der Waals surface area contributed by atoms with Crippen LogP contribution >= 0.6 is 0 Å². The number of ether oxygens (including phenoxy) is 3. The van der Waals surface area contributed by atoms with Crippen molar-refractivity contribution in [2.75, 3.05) is 26.9 Å². The standard InChI is InChI=1S/C11H19NO5/c1-8(11(14)17-7-10(13)12-2)16-6-9-4-3-5-15-9/h8-9H,3-7H2,1-2H3,(H,12,13). The van der Waals surface area contributed by atoms with Crippen LogP contribution in [0.2, 0.25) is 0 Å². The molecule has 1 saturated heterocycles. The van der Waals surface area contributed by atoms with Crippen molar-refractivity contribution in [2.24, 2.45) is 0 Å². The number of hydrogen-bond donors (Lipinski definition) is 1. The Hall–Kier alpha value is -1.14. The maximum Gasteiger partial charge on any atom is 0.335 e. The first-order chi connectivity index (χ1) is 8.13. The van der Waals surface area contributed by atoms with Crippen LogP contribution in [0.3, 0.4) is 0 Å². The Bertz CT molecular complexity index is 263. The van der Waals surface area contributed by atoms with Gasteiger partial charge in [0.1, 0.15) is 0 Å². The molecule has 6 heteroatoms. The van der Waals surface area contributed by atoms with Crippen LogP contribution in [0.25, 0.3) is 0 Å². The van der Waals surface area contributed by atoms with Crippen LogP contribution < -0.4 is 5.32 Å². The summed E-state index contributed by atoms with van der Waals surface area (Å²) in [4.78, 5) is 22.3. The van der Waals surface area contributed by atoms with Crippen LogP contribution in [0.1, 0.15) is 19.8 Å². The Kier molecular flexibility index (Phi) is 5.93. The second-order valence-electron chi connectivity index (χ2n) is 3.89. The molecule has 1 rings (SSSR count). The van der Waals surface area contributed by atoms with Gasteiger partial charge >= 0.3 is 5.97 Å². The zero-order valence-corrected chi connectivity index (χ0v) is 10.2. The first kappa shape index (κ1) is 13.9. The molecule has 1 fully saturated rings. The van der Waals surface area contributed by atoms with Crippen LogP contribution in [-0.4, -0.2) is 51.0 Å². The Morgan fingerprint density at radius 1 is 1.53 bits per heavy atom. The van der Waals surface area contributed by atoms with Gasteiger partial charge in [-0.2, -0.15) is 0 Å². The average molecular weight is 245 g/mol. The van der Waals surface area contributed by atoms with E-state index in [4.69, 9.17) is 14.2 Å². The van der Waals surface area contributed by atoms with Crippen molar-refractivity contribution in [3.05, 3.63) is 0 Å². The largest absolute Gasteiger partial charge is 0.454 e. The fourth-order valence-corrected chi connectivity index (χ4v) is 1.42. The molecule has 17 heavy (non-hydrogen) atoms. The highest BCUT2D eigenvalue weighted by Gasteiger charge is 2.21. The molecule has 1 aliphatic rings. The monoisotopic (exact) mass is 245 g/mol. The molecule has 1 heterocycles. The van der Waals surface area contributed by atoms with Crippen molar-refractivity contribution in [1.82, 2.24) is 5.32 Å². The van der Waals surface area contributed by atoms with E-state index in [9.17, 15) is 9.59 Å². The minimum absolute atomic E-state index is 0.0733. The molecule has 2 atom stereocenters. The van der Waals surface area contributed by atoms with Crippen LogP contribution in [0.4, 0.5) is 0 Å². The molecule has 0 spiro atoms. The Morgan fingerprint density at radius 3 is 2.88 bits per heavy atom. The first-order valence-electron chi connectivity index (χ1n) is 5.74. The Labute approximate surface area is 101 Å². The minimum atomic E-state index is -0.677. The summed E-state index contributed by atoms with van der Waals surface area (Å²) in [6, 6.07) is 0. The van der Waals surface area contributed by atoms with Crippen molar-refractivity contribution in [1.29, 1.82) is 0 Å². The number of amides is 1. The summed E-state index contributed by atoms with van der Waals surface area (Å²) in [7, 11) is 1.48. The number of hydrogen-bond acceptors (Lipinski definition) is 5. The molecule has 0 aliphatic carbocycles. The van der Waals surface area contributed by atoms with Crippen molar-refractivity contribution in [3.8, 4) is 0 Å². The van der Waals surface area contributed by atoms with Gasteiger partial charge < -0.3 is 19.5 Å². The first-order valence-corrected chi connectivity index (χ1v) is 5.74. The summed E-state index contributed by atoms with van der Waals surface area (Å²) < 4.78 is 15.4. The second kappa shape index (κ2) is 7.24. The third-order valence-electron chi connectivity index (χ3n) is 2.51. The molecule has 98 valence electrons. The summed E-state index contributed by atoms with van der Waals surface area (Å²) in [6.07, 6.45) is 1.39. The van der Waals surface area contributed by atoms with Crippen LogP contribution in [0.5, 0.6) is 0 Å². The van der Waals surface area contributed by atoms with Gasteiger partial charge in [0.25, 0.3) is 5.91 Å². The number of nitrogens with one attached hydrogen (secondary N) is 1. The maximum atomic E-state index is 11.4. The Morgan fingerprint density at radius 2 is 2.29 bits per heavy atom. The third-order valence-corrected chi connectivity index (χ3v) is 2.51. The van der Waals surface area contributed by atoms with E-state index in [2.05, 4.69) is 5.32 Å². The fourth-order valence-electron chi connectivity index (χ4n) is 1.42. The van der Waals surface area contributed by atoms with E-state index >= 15 is 0 Å². The van der Waals surface area contributed by atoms with Crippen molar-refractivity contribution >= 4 is 11.9 Å². The zero-order valence-electron chi connectivity index (χ0n) is 10.2. The van der Waals surface area contributed by atoms with Gasteiger partial charge in [-0.25, -0.2) is 4.79 Å². The number of likely N-dealkylation sites (N-methyl/N-ethyl adjacent to an activating group) is 1. The van der Waals surface area contributed by atoms with E-state index in [1.54, 1.807) is 6.92 Å². The van der Waals surface area contributed by atoms with Gasteiger partial charge in [-0.15, -0.1) is 0 Å². The molecule has 0 bridgehead atoms. The smallest absolute Gasteiger partial charge is 0.335 e. The number of carbonyl (C=O) groups excluding carboxylic acids is 2. The topological polar surface area (TPSA) is 73.9 Å². The normalized spacial score (nSPS) is 20.9. The lowest BCUT2D eigenvalue weighted by Crippen LogP contribution is -2.31. The second-order valence-corrected chi connectivity index (χ2v) is 3.89. The Balaban J connectivity index is 2.14. The number of rotatable bonds is 6. The SMILES string of the molecule is CNC(=O)COC(=O)C(C)OCC1CCCO1. The van der Waals surface area contributed by atoms with Crippen LogP contribution in [0, 0.1) is 0 Å². The van der Waals surface area contributed by atoms with Crippen molar-refractivity contribution in [3.63, 3.8) is 0 Å². The molecule has 6 nitrogen and oxygen atoms in total. The lowest BCUT2D eigenvalue weighted by molar-refractivity contribution is -0.160. The molecule has 2 unspecified atom stereocenters. The van der Waals surface area contributed by atoms with Crippen molar-refractivity contribution in [2.45, 2.75) is 32.0 Å². The molecule has 0 aromatic rings. The van der Waals surface area contributed by atoms with Gasteiger partial charge in [0.15, 0.2) is 12.7 Å². The highest BCUT2D eigenvalue weighted by Crippen LogP contribution is 2.12. The number of carbonyl (C=O) groups is 2. The minimum Gasteiger partial charge on any atom is -0.454 e. The third kappa shape index (κ3) is 5.14. The average Bonchev–Trinajstić information content (AvgIpc) is 2.85. The highest BCUT2D eigenvalue weighted by molar-refractivity contribution is 5.81. The van der Waals surface area contributed by atoms with Gasteiger partial charge in [-0.05, 0) is 19.8 Å². The molecule has 0 radical (unpaired) electrons. The summed E-state index contributed by atoms with van der Waals surface area (Å²) in [6.45, 7) is 2.46. The predicted octanol–water partition coefficient (Wildman–Crippen LogP) is -0.140. The molecule has 1 amide bonds. The highest BCUT2D eigenvalue weighted by atomic mass is 16.6. The molecule has 0 aromatic carbocycles. The quantitative estimate of drug-likeness (QED) is 0.659. The molecule has 0 saturated carbocycles. The summed E-state index contributed by atoms with van der Waals surface area (Å²) in [5.74, 6) is -0.878. The van der Waals surface area contributed by atoms with Gasteiger partial charge in [0, 0.05) is 13.7 Å². The van der Waals surface area contributed by atoms with E-state index in [-0.39, 0.29) is 18.6 Å². The number of esters is 1. The van der Waals surface area contributed by atoms with Crippen LogP contribution in [-0.2, 0) is 23.8 Å². The molecule has 1 N–H and O–H groups in total. The maximum absolute atomic E-state index is 11.4. The van der Waals surface area contributed by atoms with Gasteiger partial charge in [0.05, 0.1) is 12.7 Å². The summed E-state index contributed by atoms with van der Waals surface area (Å²) >= 11 is 0. The lowest BCUT2D eigenvalue weighted by Gasteiger charge is -2.15. The molecular formula is C11H19NO5. The predicted molar refractivity (Wildman–Crippen MR) is 59.4 cm³/mol. The lowest BCUT2D eigenvalue weighted by atomic mass is 10.2. The molecule has 0 aromatic heterocycles. The summed E-state index contributed by atoms with van der Waals surface area (Å²) in [5, 5.41) is 2.36. The fraction of sp³-hybridized carbons (Fsp3) is 0.818. The summed E-state index contributed by atoms with van der Waals surface area (Å²) in [5.41, 5.74) is 0. The van der Waals surface area contributed by atoms with E-state index in [1.165, 1.54) is 7.05 Å². The van der Waals surface area contributed by atoms with E-state index < -0.39 is 12.1 Å². The van der Waals surface area contributed by atoms with Gasteiger partial charge in [-0.3, -0.25) is 4.79 Å². The van der Waals surface area contributed by atoms with Gasteiger partial charge in [0.2, 0.25) is 0 Å². The zero-order chi connectivity index (χ0) is 12.7. The van der Waals surface area contributed by atoms with Crippen molar-refractivity contribution < 1.29 is 23.8 Å². The van der Waals surface area contributed by atoms with E-state index in [0.717, 1.165) is 19.4 Å². The van der Waals surface area contributed by atoms with Crippen LogP contribution in [0.15, 0.2) is 0 Å².